The number of esters is 1. The topological polar surface area (TPSA) is 104 Å². The van der Waals surface area contributed by atoms with Gasteiger partial charge >= 0.3 is 5.97 Å². The van der Waals surface area contributed by atoms with Crippen LogP contribution in [0.1, 0.15) is 23.7 Å². The molecule has 0 radical (unpaired) electrons. The van der Waals surface area contributed by atoms with Gasteiger partial charge in [-0.15, -0.1) is 21.5 Å². The number of pyridine rings is 1. The molecule has 5 aromatic rings. The van der Waals surface area contributed by atoms with Crippen molar-refractivity contribution >= 4 is 56.5 Å². The maximum atomic E-state index is 13.5. The number of hydrogen-bond donors (Lipinski definition) is 1. The quantitative estimate of drug-likeness (QED) is 0.200. The van der Waals surface area contributed by atoms with Crippen LogP contribution in [0.5, 0.6) is 11.5 Å². The number of ether oxygens (including phenoxy) is 3. The van der Waals surface area contributed by atoms with Gasteiger partial charge in [0.1, 0.15) is 23.8 Å². The first-order valence-corrected chi connectivity index (χ1v) is 14.1. The molecule has 0 aliphatic carbocycles. The molecule has 1 N–H and O–H groups in total. The summed E-state index contributed by atoms with van der Waals surface area (Å²) in [5.41, 5.74) is 3.38. The van der Waals surface area contributed by atoms with Crippen LogP contribution in [0.3, 0.4) is 0 Å². The van der Waals surface area contributed by atoms with Crippen LogP contribution in [0.25, 0.3) is 27.7 Å². The van der Waals surface area contributed by atoms with Gasteiger partial charge in [-0.2, -0.15) is 0 Å². The largest absolute Gasteiger partial charge is 0.486 e. The molecular formula is C28H24N4O5S2. The lowest BCUT2D eigenvalue weighted by atomic mass is 10.0. The molecule has 0 saturated heterocycles. The van der Waals surface area contributed by atoms with Gasteiger partial charge < -0.3 is 19.5 Å². The molecule has 3 aromatic heterocycles. The summed E-state index contributed by atoms with van der Waals surface area (Å²) in [7, 11) is 1.32. The van der Waals surface area contributed by atoms with E-state index in [1.54, 1.807) is 0 Å². The van der Waals surface area contributed by atoms with E-state index in [-0.39, 0.29) is 5.91 Å². The molecule has 4 heterocycles. The molecule has 198 valence electrons. The summed E-state index contributed by atoms with van der Waals surface area (Å²) in [5.74, 6) is 0.499. The van der Waals surface area contributed by atoms with Crippen molar-refractivity contribution in [2.75, 3.05) is 25.6 Å². The molecule has 1 unspecified atom stereocenters. The highest BCUT2D eigenvalue weighted by Crippen LogP contribution is 2.41. The summed E-state index contributed by atoms with van der Waals surface area (Å²) in [5, 5.41) is 15.1. The van der Waals surface area contributed by atoms with Crippen molar-refractivity contribution in [2.45, 2.75) is 23.8 Å². The Morgan fingerprint density at radius 2 is 1.92 bits per heavy atom. The van der Waals surface area contributed by atoms with Crippen molar-refractivity contribution in [2.24, 2.45) is 0 Å². The number of nitrogens with zero attached hydrogens (tertiary/aromatic N) is 3. The summed E-state index contributed by atoms with van der Waals surface area (Å²) in [6.45, 7) is 2.89. The molecule has 11 heteroatoms. The number of nitrogens with one attached hydrogen (secondary N) is 1. The molecule has 39 heavy (non-hydrogen) atoms. The average Bonchev–Trinajstić information content (AvgIpc) is 3.59. The van der Waals surface area contributed by atoms with Gasteiger partial charge in [0.05, 0.1) is 17.9 Å². The minimum Gasteiger partial charge on any atom is -0.486 e. The first kappa shape index (κ1) is 25.2. The first-order chi connectivity index (χ1) is 19.1. The van der Waals surface area contributed by atoms with E-state index in [2.05, 4.69) is 15.5 Å². The van der Waals surface area contributed by atoms with E-state index in [0.29, 0.717) is 58.1 Å². The fourth-order valence-corrected chi connectivity index (χ4v) is 6.44. The Balaban J connectivity index is 1.29. The number of hydrogen-bond acceptors (Lipinski definition) is 9. The van der Waals surface area contributed by atoms with Crippen molar-refractivity contribution in [3.63, 3.8) is 0 Å². The summed E-state index contributed by atoms with van der Waals surface area (Å²) in [4.78, 5) is 26.4. The lowest BCUT2D eigenvalue weighted by Crippen LogP contribution is -2.25. The van der Waals surface area contributed by atoms with E-state index in [9.17, 15) is 9.59 Å². The Bertz CT molecular complexity index is 1710. The van der Waals surface area contributed by atoms with E-state index >= 15 is 0 Å². The highest BCUT2D eigenvalue weighted by molar-refractivity contribution is 8.00. The normalized spacial score (nSPS) is 13.4. The number of amides is 1. The standard InChI is InChI=1S/C28H24N4O5S2/c1-3-22(39-28-31-30-23-11-9-16-6-4-5-7-19(16)32(23)28)25(33)29-26-24(27(34)35-2)18(15-38-26)17-8-10-20-21(14-17)37-13-12-36-20/h4-11,14-15,22H,3,12-13H2,1-2H3,(H,29,33). The second-order valence-corrected chi connectivity index (χ2v) is 10.8. The second kappa shape index (κ2) is 10.6. The van der Waals surface area contributed by atoms with Gasteiger partial charge in [-0.05, 0) is 47.7 Å². The Morgan fingerprint density at radius 3 is 2.74 bits per heavy atom. The van der Waals surface area contributed by atoms with Gasteiger partial charge in [0.25, 0.3) is 0 Å². The van der Waals surface area contributed by atoms with Gasteiger partial charge in [0.2, 0.25) is 5.91 Å². The molecule has 1 aliphatic rings. The summed E-state index contributed by atoms with van der Waals surface area (Å²) >= 11 is 2.61. The molecule has 2 aromatic carbocycles. The number of thioether (sulfide) groups is 1. The minimum atomic E-state index is -0.535. The first-order valence-electron chi connectivity index (χ1n) is 12.4. The molecule has 9 nitrogen and oxygen atoms in total. The number of methoxy groups -OCH3 is 1. The van der Waals surface area contributed by atoms with Gasteiger partial charge in [-0.3, -0.25) is 9.20 Å². The van der Waals surface area contributed by atoms with Crippen molar-refractivity contribution in [3.05, 3.63) is 65.5 Å². The minimum absolute atomic E-state index is 0.236. The van der Waals surface area contributed by atoms with Gasteiger partial charge in [-0.1, -0.05) is 43.0 Å². The average molecular weight is 561 g/mol. The zero-order valence-electron chi connectivity index (χ0n) is 21.2. The monoisotopic (exact) mass is 560 g/mol. The predicted molar refractivity (Wildman–Crippen MR) is 151 cm³/mol. The highest BCUT2D eigenvalue weighted by atomic mass is 32.2. The van der Waals surface area contributed by atoms with Crippen LogP contribution in [0.4, 0.5) is 5.00 Å². The number of fused-ring (bicyclic) bond motifs is 4. The number of thiophene rings is 1. The van der Waals surface area contributed by atoms with Crippen LogP contribution in [0, 0.1) is 0 Å². The lowest BCUT2D eigenvalue weighted by Gasteiger charge is -2.19. The molecule has 0 saturated carbocycles. The summed E-state index contributed by atoms with van der Waals surface area (Å²) < 4.78 is 18.4. The van der Waals surface area contributed by atoms with Crippen molar-refractivity contribution in [1.82, 2.24) is 14.6 Å². The number of benzene rings is 2. The van der Waals surface area contributed by atoms with E-state index < -0.39 is 11.2 Å². The number of carbonyl (C=O) groups excluding carboxylic acids is 2. The van der Waals surface area contributed by atoms with Crippen LogP contribution in [0.15, 0.2) is 65.1 Å². The van der Waals surface area contributed by atoms with E-state index in [1.165, 1.54) is 30.2 Å². The van der Waals surface area contributed by atoms with Crippen molar-refractivity contribution in [3.8, 4) is 22.6 Å². The number of aromatic nitrogens is 3. The molecule has 1 amide bonds. The summed E-state index contributed by atoms with van der Waals surface area (Å²) in [6.07, 6.45) is 0.546. The maximum Gasteiger partial charge on any atom is 0.341 e. The predicted octanol–water partition coefficient (Wildman–Crippen LogP) is 5.68. The van der Waals surface area contributed by atoms with Crippen LogP contribution >= 0.6 is 23.1 Å². The van der Waals surface area contributed by atoms with Gasteiger partial charge in [0.15, 0.2) is 22.3 Å². The second-order valence-electron chi connectivity index (χ2n) is 8.78. The number of para-hydroxylation sites is 1. The molecule has 0 fully saturated rings. The van der Waals surface area contributed by atoms with Crippen molar-refractivity contribution < 1.29 is 23.8 Å². The fourth-order valence-electron chi connectivity index (χ4n) is 4.51. The Kier molecular flexibility index (Phi) is 6.84. The van der Waals surface area contributed by atoms with E-state index in [4.69, 9.17) is 14.2 Å². The number of anilines is 1. The van der Waals surface area contributed by atoms with Gasteiger partial charge in [0, 0.05) is 10.9 Å². The third kappa shape index (κ3) is 4.68. The maximum absolute atomic E-state index is 13.5. The highest BCUT2D eigenvalue weighted by Gasteiger charge is 2.27. The van der Waals surface area contributed by atoms with Gasteiger partial charge in [-0.25, -0.2) is 4.79 Å². The fraction of sp³-hybridized carbons (Fsp3) is 0.214. The third-order valence-corrected chi connectivity index (χ3v) is 8.63. The van der Waals surface area contributed by atoms with Crippen LogP contribution in [0.2, 0.25) is 0 Å². The Morgan fingerprint density at radius 1 is 1.10 bits per heavy atom. The van der Waals surface area contributed by atoms with Crippen LogP contribution in [-0.4, -0.2) is 52.0 Å². The smallest absolute Gasteiger partial charge is 0.341 e. The zero-order valence-corrected chi connectivity index (χ0v) is 22.8. The van der Waals surface area contributed by atoms with Crippen LogP contribution in [-0.2, 0) is 9.53 Å². The molecule has 6 rings (SSSR count). The number of carbonyl (C=O) groups is 2. The third-order valence-electron chi connectivity index (χ3n) is 6.43. The summed E-state index contributed by atoms with van der Waals surface area (Å²) in [6, 6.07) is 17.4. The lowest BCUT2D eigenvalue weighted by molar-refractivity contribution is -0.115. The SMILES string of the molecule is CCC(Sc1nnc2ccc3ccccc3n12)C(=O)Nc1scc(-c2ccc3c(c2)OCCO3)c1C(=O)OC. The van der Waals surface area contributed by atoms with E-state index in [1.807, 2.05) is 71.3 Å². The van der Waals surface area contributed by atoms with Crippen molar-refractivity contribution in [1.29, 1.82) is 0 Å². The van der Waals surface area contributed by atoms with Crippen LogP contribution < -0.4 is 14.8 Å². The zero-order chi connectivity index (χ0) is 26.9. The number of rotatable bonds is 7. The Labute approximate surface area is 232 Å². The Hall–Kier alpha value is -4.09. The molecule has 0 bridgehead atoms. The molecular weight excluding hydrogens is 536 g/mol. The molecule has 1 atom stereocenters. The van der Waals surface area contributed by atoms with E-state index in [0.717, 1.165) is 16.5 Å². The molecule has 1 aliphatic heterocycles. The molecule has 0 spiro atoms.